The van der Waals surface area contributed by atoms with E-state index in [0.717, 1.165) is 37.0 Å². The van der Waals surface area contributed by atoms with E-state index in [4.69, 9.17) is 4.42 Å². The summed E-state index contributed by atoms with van der Waals surface area (Å²) in [7, 11) is 1.78. The van der Waals surface area contributed by atoms with Crippen LogP contribution in [0.25, 0.3) is 0 Å². The molecular formula is C23H32IN5O2. The predicted molar refractivity (Wildman–Crippen MR) is 134 cm³/mol. The summed E-state index contributed by atoms with van der Waals surface area (Å²) in [5.41, 5.74) is 2.08. The number of hydrogen-bond acceptors (Lipinski definition) is 4. The molecule has 168 valence electrons. The second-order valence-corrected chi connectivity index (χ2v) is 8.00. The lowest BCUT2D eigenvalue weighted by Crippen LogP contribution is -2.45. The van der Waals surface area contributed by atoms with E-state index in [0.29, 0.717) is 13.0 Å². The molecule has 2 atom stereocenters. The largest absolute Gasteiger partial charge is 0.468 e. The van der Waals surface area contributed by atoms with Gasteiger partial charge in [0.05, 0.1) is 12.3 Å². The fraction of sp³-hybridized carbons (Fsp3) is 0.478. The molecule has 2 aliphatic heterocycles. The lowest BCUT2D eigenvalue weighted by atomic mass is 9.90. The van der Waals surface area contributed by atoms with Crippen LogP contribution in [-0.2, 0) is 4.79 Å². The lowest BCUT2D eigenvalue weighted by molar-refractivity contribution is -0.116. The van der Waals surface area contributed by atoms with Crippen molar-refractivity contribution in [1.29, 1.82) is 0 Å². The van der Waals surface area contributed by atoms with Crippen molar-refractivity contribution in [1.82, 2.24) is 15.5 Å². The van der Waals surface area contributed by atoms with E-state index >= 15 is 0 Å². The molecule has 0 spiro atoms. The van der Waals surface area contributed by atoms with Crippen LogP contribution < -0.4 is 16.0 Å². The van der Waals surface area contributed by atoms with E-state index in [9.17, 15) is 4.79 Å². The second-order valence-electron chi connectivity index (χ2n) is 8.00. The normalized spacial score (nSPS) is 20.2. The maximum atomic E-state index is 12.1. The van der Waals surface area contributed by atoms with Gasteiger partial charge in [0.15, 0.2) is 5.96 Å². The molecule has 1 aromatic carbocycles. The van der Waals surface area contributed by atoms with Crippen molar-refractivity contribution in [3.63, 3.8) is 0 Å². The maximum absolute atomic E-state index is 12.1. The van der Waals surface area contributed by atoms with Gasteiger partial charge in [-0.25, -0.2) is 0 Å². The quantitative estimate of drug-likeness (QED) is 0.298. The highest BCUT2D eigenvalue weighted by Gasteiger charge is 2.26. The molecule has 1 saturated heterocycles. The first-order valence-corrected chi connectivity index (χ1v) is 10.9. The molecule has 7 nitrogen and oxygen atoms in total. The van der Waals surface area contributed by atoms with Gasteiger partial charge in [-0.1, -0.05) is 24.6 Å². The number of carbonyl (C=O) groups excluding carboxylic acids is 1. The van der Waals surface area contributed by atoms with Gasteiger partial charge in [-0.15, -0.1) is 24.0 Å². The fourth-order valence-corrected chi connectivity index (χ4v) is 4.44. The SMILES string of the molecule is CN=C(NCC1CC(=O)Nc2ccccc21)NCC(c1ccco1)N1CCCCC1.I. The Morgan fingerprint density at radius 1 is 1.19 bits per heavy atom. The van der Waals surface area contributed by atoms with Crippen molar-refractivity contribution in [3.05, 3.63) is 54.0 Å². The van der Waals surface area contributed by atoms with E-state index in [1.54, 1.807) is 13.3 Å². The average molecular weight is 537 g/mol. The lowest BCUT2D eigenvalue weighted by Gasteiger charge is -2.34. The Morgan fingerprint density at radius 2 is 2.00 bits per heavy atom. The monoisotopic (exact) mass is 537 g/mol. The molecule has 3 heterocycles. The van der Waals surface area contributed by atoms with Gasteiger partial charge in [-0.2, -0.15) is 0 Å². The number of furan rings is 1. The van der Waals surface area contributed by atoms with Crippen LogP contribution in [0.1, 0.15) is 49.0 Å². The minimum Gasteiger partial charge on any atom is -0.468 e. The minimum atomic E-state index is 0. The number of hydrogen-bond donors (Lipinski definition) is 3. The van der Waals surface area contributed by atoms with Crippen molar-refractivity contribution < 1.29 is 9.21 Å². The second kappa shape index (κ2) is 11.5. The Morgan fingerprint density at radius 3 is 2.74 bits per heavy atom. The molecule has 1 fully saturated rings. The number of benzene rings is 1. The van der Waals surface area contributed by atoms with Crippen molar-refractivity contribution in [2.24, 2.45) is 4.99 Å². The van der Waals surface area contributed by atoms with E-state index in [-0.39, 0.29) is 41.8 Å². The average Bonchev–Trinajstić information content (AvgIpc) is 3.31. The molecule has 8 heteroatoms. The molecule has 2 aromatic rings. The summed E-state index contributed by atoms with van der Waals surface area (Å²) in [5.74, 6) is 1.91. The summed E-state index contributed by atoms with van der Waals surface area (Å²) < 4.78 is 5.73. The Bertz CT molecular complexity index is 865. The zero-order chi connectivity index (χ0) is 20.8. The molecule has 4 rings (SSSR count). The number of guanidine groups is 1. The van der Waals surface area contributed by atoms with Gasteiger partial charge in [0, 0.05) is 38.2 Å². The molecule has 0 saturated carbocycles. The van der Waals surface area contributed by atoms with Crippen molar-refractivity contribution in [2.45, 2.75) is 37.6 Å². The third-order valence-electron chi connectivity index (χ3n) is 6.01. The molecule has 2 unspecified atom stereocenters. The van der Waals surface area contributed by atoms with Gasteiger partial charge >= 0.3 is 0 Å². The standard InChI is InChI=1S/C23H31N5O2.HI/c1-24-23(25-15-17-14-22(29)27-19-9-4-3-8-18(17)19)26-16-20(21-10-7-13-30-21)28-11-5-2-6-12-28;/h3-4,7-10,13,17,20H,2,5-6,11-12,14-16H2,1H3,(H,27,29)(H2,24,25,26);1H. The number of halogens is 1. The Labute approximate surface area is 201 Å². The van der Waals surface area contributed by atoms with E-state index in [2.05, 4.69) is 38.0 Å². The summed E-state index contributed by atoms with van der Waals surface area (Å²) in [4.78, 5) is 19.0. The maximum Gasteiger partial charge on any atom is 0.225 e. The smallest absolute Gasteiger partial charge is 0.225 e. The van der Waals surface area contributed by atoms with Crippen LogP contribution in [0.5, 0.6) is 0 Å². The zero-order valence-corrected chi connectivity index (χ0v) is 20.3. The number of amides is 1. The van der Waals surface area contributed by atoms with Crippen LogP contribution in [0, 0.1) is 0 Å². The summed E-state index contributed by atoms with van der Waals surface area (Å²) in [6.45, 7) is 3.55. The summed E-state index contributed by atoms with van der Waals surface area (Å²) in [6, 6.07) is 12.2. The molecule has 0 radical (unpaired) electrons. The van der Waals surface area contributed by atoms with E-state index < -0.39 is 0 Å². The van der Waals surface area contributed by atoms with Crippen molar-refractivity contribution in [2.75, 3.05) is 38.5 Å². The van der Waals surface area contributed by atoms with Crippen LogP contribution in [0.3, 0.4) is 0 Å². The Kier molecular flexibility index (Phi) is 8.77. The third kappa shape index (κ3) is 6.00. The number of carbonyl (C=O) groups is 1. The van der Waals surface area contributed by atoms with Gasteiger partial charge in [0.1, 0.15) is 5.76 Å². The number of piperidine rings is 1. The van der Waals surface area contributed by atoms with Crippen LogP contribution in [0.15, 0.2) is 52.1 Å². The number of para-hydroxylation sites is 1. The van der Waals surface area contributed by atoms with Gasteiger partial charge < -0.3 is 20.4 Å². The van der Waals surface area contributed by atoms with Crippen molar-refractivity contribution >= 4 is 41.5 Å². The molecule has 2 aliphatic rings. The van der Waals surface area contributed by atoms with Crippen molar-refractivity contribution in [3.8, 4) is 0 Å². The topological polar surface area (TPSA) is 81.9 Å². The number of nitrogens with one attached hydrogen (secondary N) is 3. The van der Waals surface area contributed by atoms with Crippen LogP contribution in [0.4, 0.5) is 5.69 Å². The Hall–Kier alpha value is -2.07. The van der Waals surface area contributed by atoms with Gasteiger partial charge in [0.25, 0.3) is 0 Å². The summed E-state index contributed by atoms with van der Waals surface area (Å²) in [6.07, 6.45) is 5.98. The molecule has 1 amide bonds. The van der Waals surface area contributed by atoms with Crippen LogP contribution in [0.2, 0.25) is 0 Å². The summed E-state index contributed by atoms with van der Waals surface area (Å²) >= 11 is 0. The molecule has 31 heavy (non-hydrogen) atoms. The van der Waals surface area contributed by atoms with Gasteiger partial charge in [0.2, 0.25) is 5.91 Å². The first kappa shape index (κ1) is 23.6. The predicted octanol–water partition coefficient (Wildman–Crippen LogP) is 3.72. The molecular weight excluding hydrogens is 505 g/mol. The number of fused-ring (bicyclic) bond motifs is 1. The van der Waals surface area contributed by atoms with Crippen LogP contribution in [-0.4, -0.2) is 50.0 Å². The highest BCUT2D eigenvalue weighted by atomic mass is 127. The van der Waals surface area contributed by atoms with Gasteiger partial charge in [-0.3, -0.25) is 14.7 Å². The Balaban J connectivity index is 0.00000272. The number of rotatable bonds is 6. The number of likely N-dealkylation sites (tertiary alicyclic amines) is 1. The molecule has 1 aromatic heterocycles. The number of nitrogens with zero attached hydrogens (tertiary/aromatic N) is 2. The number of aliphatic imine (C=N–C) groups is 1. The van der Waals surface area contributed by atoms with Gasteiger partial charge in [-0.05, 0) is 49.7 Å². The highest BCUT2D eigenvalue weighted by molar-refractivity contribution is 14.0. The molecule has 0 bridgehead atoms. The van der Waals surface area contributed by atoms with E-state index in [1.165, 1.54) is 24.8 Å². The highest BCUT2D eigenvalue weighted by Crippen LogP contribution is 2.31. The van der Waals surface area contributed by atoms with E-state index in [1.807, 2.05) is 24.3 Å². The van der Waals surface area contributed by atoms with Crippen LogP contribution >= 0.6 is 24.0 Å². The number of anilines is 1. The molecule has 3 N–H and O–H groups in total. The first-order valence-electron chi connectivity index (χ1n) is 10.9. The fourth-order valence-electron chi connectivity index (χ4n) is 4.44. The summed E-state index contributed by atoms with van der Waals surface area (Å²) in [5, 5.41) is 9.84. The molecule has 0 aliphatic carbocycles. The first-order chi connectivity index (χ1) is 14.7. The zero-order valence-electron chi connectivity index (χ0n) is 18.0. The minimum absolute atomic E-state index is 0. The third-order valence-corrected chi connectivity index (χ3v) is 6.01.